The van der Waals surface area contributed by atoms with Crippen LogP contribution in [-0.4, -0.2) is 45.2 Å². The second kappa shape index (κ2) is 7.21. The monoisotopic (exact) mass is 286 g/mol. The molecule has 1 aromatic carbocycles. The third-order valence-electron chi connectivity index (χ3n) is 2.74. The Morgan fingerprint density at radius 3 is 2.68 bits per heavy atom. The first-order chi connectivity index (χ1) is 9.01. The molecule has 6 heteroatoms. The van der Waals surface area contributed by atoms with Gasteiger partial charge < -0.3 is 20.1 Å². The number of hydrogen-bond donors (Lipinski definition) is 1. The second-order valence-corrected chi connectivity index (χ2v) is 4.55. The lowest BCUT2D eigenvalue weighted by Gasteiger charge is -2.19. The molecule has 0 aliphatic heterocycles. The van der Waals surface area contributed by atoms with Gasteiger partial charge in [0.15, 0.2) is 0 Å². The van der Waals surface area contributed by atoms with E-state index in [2.05, 4.69) is 0 Å². The van der Waals surface area contributed by atoms with Crippen LogP contribution in [0, 0.1) is 0 Å². The zero-order chi connectivity index (χ0) is 14.4. The molecule has 0 heterocycles. The highest BCUT2D eigenvalue weighted by atomic mass is 35.5. The molecule has 1 aromatic rings. The molecule has 106 valence electrons. The van der Waals surface area contributed by atoms with Crippen LogP contribution in [0.25, 0.3) is 0 Å². The number of hydrogen-bond acceptors (Lipinski definition) is 4. The maximum absolute atomic E-state index is 12.3. The van der Waals surface area contributed by atoms with Gasteiger partial charge in [-0.15, -0.1) is 0 Å². The van der Waals surface area contributed by atoms with Crippen molar-refractivity contribution in [3.8, 4) is 5.75 Å². The van der Waals surface area contributed by atoms with Crippen molar-refractivity contribution in [3.63, 3.8) is 0 Å². The lowest BCUT2D eigenvalue weighted by atomic mass is 10.1. The van der Waals surface area contributed by atoms with Gasteiger partial charge in [-0.05, 0) is 12.5 Å². The van der Waals surface area contributed by atoms with Crippen LogP contribution in [-0.2, 0) is 4.74 Å². The van der Waals surface area contributed by atoms with Gasteiger partial charge in [0.05, 0.1) is 23.4 Å². The predicted octanol–water partition coefficient (Wildman–Crippen LogP) is 2.04. The lowest BCUT2D eigenvalue weighted by Crippen LogP contribution is -2.28. The minimum absolute atomic E-state index is 0.158. The van der Waals surface area contributed by atoms with Crippen molar-refractivity contribution in [2.24, 2.45) is 0 Å². The van der Waals surface area contributed by atoms with Crippen molar-refractivity contribution in [3.05, 3.63) is 22.7 Å². The summed E-state index contributed by atoms with van der Waals surface area (Å²) in [7, 11) is 4.84. The fourth-order valence-electron chi connectivity index (χ4n) is 1.66. The Kier molecular flexibility index (Phi) is 5.92. The highest BCUT2D eigenvalue weighted by molar-refractivity contribution is 6.33. The number of anilines is 1. The number of carbonyl (C=O) groups excluding carboxylic acids is 1. The maximum atomic E-state index is 12.3. The summed E-state index contributed by atoms with van der Waals surface area (Å²) >= 11 is 5.95. The van der Waals surface area contributed by atoms with Crippen LogP contribution in [0.1, 0.15) is 16.8 Å². The van der Waals surface area contributed by atoms with E-state index in [0.29, 0.717) is 35.2 Å². The summed E-state index contributed by atoms with van der Waals surface area (Å²) < 4.78 is 10.1. The Morgan fingerprint density at radius 2 is 2.11 bits per heavy atom. The molecule has 0 aromatic heterocycles. The van der Waals surface area contributed by atoms with Crippen LogP contribution in [0.2, 0.25) is 5.02 Å². The molecule has 0 saturated heterocycles. The van der Waals surface area contributed by atoms with Gasteiger partial charge in [-0.3, -0.25) is 4.79 Å². The molecule has 1 rings (SSSR count). The molecule has 0 aliphatic carbocycles. The van der Waals surface area contributed by atoms with E-state index in [-0.39, 0.29) is 5.91 Å². The molecule has 0 bridgehead atoms. The number of benzene rings is 1. The van der Waals surface area contributed by atoms with E-state index in [0.717, 1.165) is 6.42 Å². The summed E-state index contributed by atoms with van der Waals surface area (Å²) in [5.41, 5.74) is 6.48. The summed E-state index contributed by atoms with van der Waals surface area (Å²) in [6.07, 6.45) is 0.768. The average Bonchev–Trinajstić information content (AvgIpc) is 2.40. The van der Waals surface area contributed by atoms with E-state index in [9.17, 15) is 4.79 Å². The number of carbonyl (C=O) groups is 1. The van der Waals surface area contributed by atoms with Crippen LogP contribution in [0.5, 0.6) is 5.75 Å². The molecular formula is C13H19ClN2O3. The molecule has 0 radical (unpaired) electrons. The maximum Gasteiger partial charge on any atom is 0.257 e. The van der Waals surface area contributed by atoms with Crippen LogP contribution < -0.4 is 10.5 Å². The summed E-state index contributed by atoms with van der Waals surface area (Å²) in [6, 6.07) is 3.09. The number of nitrogen functional groups attached to an aromatic ring is 1. The topological polar surface area (TPSA) is 64.8 Å². The molecule has 0 atom stereocenters. The molecule has 1 amide bonds. The Bertz CT molecular complexity index is 452. The number of nitrogens with zero attached hydrogens (tertiary/aromatic N) is 1. The Hall–Kier alpha value is -1.46. The number of methoxy groups -OCH3 is 2. The number of nitrogens with two attached hydrogens (primary N) is 1. The fourth-order valence-corrected chi connectivity index (χ4v) is 1.82. The lowest BCUT2D eigenvalue weighted by molar-refractivity contribution is 0.0776. The normalized spacial score (nSPS) is 10.3. The van der Waals surface area contributed by atoms with Gasteiger partial charge in [0.2, 0.25) is 0 Å². The molecule has 0 spiro atoms. The summed E-state index contributed by atoms with van der Waals surface area (Å²) in [6.45, 7) is 1.20. The quantitative estimate of drug-likeness (QED) is 0.642. The first-order valence-corrected chi connectivity index (χ1v) is 6.26. The SMILES string of the molecule is COCCCN(C)C(=O)c1cc(Cl)c(N)cc1OC. The van der Waals surface area contributed by atoms with Crippen LogP contribution in [0.4, 0.5) is 5.69 Å². The van der Waals surface area contributed by atoms with Gasteiger partial charge in [-0.1, -0.05) is 11.6 Å². The third kappa shape index (κ3) is 4.01. The highest BCUT2D eigenvalue weighted by Gasteiger charge is 2.18. The first-order valence-electron chi connectivity index (χ1n) is 5.88. The van der Waals surface area contributed by atoms with Crippen molar-refractivity contribution in [1.82, 2.24) is 4.90 Å². The molecule has 0 saturated carbocycles. The number of ether oxygens (including phenoxy) is 2. The van der Waals surface area contributed by atoms with Gasteiger partial charge in [0.1, 0.15) is 5.75 Å². The standard InChI is InChI=1S/C13H19ClN2O3/c1-16(5-4-6-18-2)13(17)9-7-10(14)11(15)8-12(9)19-3/h7-8H,4-6,15H2,1-3H3. The number of amides is 1. The largest absolute Gasteiger partial charge is 0.496 e. The van der Waals surface area contributed by atoms with Crippen LogP contribution in [0.15, 0.2) is 12.1 Å². The van der Waals surface area contributed by atoms with Crippen molar-refractivity contribution in [1.29, 1.82) is 0 Å². The summed E-state index contributed by atoms with van der Waals surface area (Å²) in [4.78, 5) is 13.9. The van der Waals surface area contributed by atoms with Crippen molar-refractivity contribution in [2.75, 3.05) is 40.2 Å². The molecule has 0 unspecified atom stereocenters. The van der Waals surface area contributed by atoms with E-state index >= 15 is 0 Å². The molecule has 19 heavy (non-hydrogen) atoms. The van der Waals surface area contributed by atoms with Gasteiger partial charge in [0.25, 0.3) is 5.91 Å². The Morgan fingerprint density at radius 1 is 1.42 bits per heavy atom. The smallest absolute Gasteiger partial charge is 0.257 e. The minimum atomic E-state index is -0.158. The highest BCUT2D eigenvalue weighted by Crippen LogP contribution is 2.29. The molecule has 2 N–H and O–H groups in total. The summed E-state index contributed by atoms with van der Waals surface area (Å²) in [5, 5.41) is 0.342. The van der Waals surface area contributed by atoms with Crippen LogP contribution >= 0.6 is 11.6 Å². The molecular weight excluding hydrogens is 268 g/mol. The summed E-state index contributed by atoms with van der Waals surface area (Å²) in [5.74, 6) is 0.264. The zero-order valence-electron chi connectivity index (χ0n) is 11.4. The van der Waals surface area contributed by atoms with Gasteiger partial charge >= 0.3 is 0 Å². The van der Waals surface area contributed by atoms with Crippen molar-refractivity contribution in [2.45, 2.75) is 6.42 Å². The second-order valence-electron chi connectivity index (χ2n) is 4.15. The minimum Gasteiger partial charge on any atom is -0.496 e. The molecule has 0 aliphatic rings. The Labute approximate surface area is 118 Å². The predicted molar refractivity (Wildman–Crippen MR) is 75.9 cm³/mol. The molecule has 5 nitrogen and oxygen atoms in total. The third-order valence-corrected chi connectivity index (χ3v) is 3.07. The van der Waals surface area contributed by atoms with Gasteiger partial charge in [0, 0.05) is 33.4 Å². The average molecular weight is 287 g/mol. The number of halogens is 1. The zero-order valence-corrected chi connectivity index (χ0v) is 12.2. The van der Waals surface area contributed by atoms with Crippen molar-refractivity contribution >= 4 is 23.2 Å². The van der Waals surface area contributed by atoms with Crippen LogP contribution in [0.3, 0.4) is 0 Å². The van der Waals surface area contributed by atoms with E-state index < -0.39 is 0 Å². The van der Waals surface area contributed by atoms with E-state index in [1.165, 1.54) is 13.2 Å². The number of rotatable bonds is 6. The van der Waals surface area contributed by atoms with E-state index in [4.69, 9.17) is 26.8 Å². The van der Waals surface area contributed by atoms with Crippen molar-refractivity contribution < 1.29 is 14.3 Å². The van der Waals surface area contributed by atoms with Gasteiger partial charge in [-0.2, -0.15) is 0 Å². The molecule has 0 fully saturated rings. The Balaban J connectivity index is 2.89. The first kappa shape index (κ1) is 15.6. The van der Waals surface area contributed by atoms with E-state index in [1.54, 1.807) is 25.1 Å². The van der Waals surface area contributed by atoms with Gasteiger partial charge in [-0.25, -0.2) is 0 Å². The fraction of sp³-hybridized carbons (Fsp3) is 0.462. The van der Waals surface area contributed by atoms with E-state index in [1.807, 2.05) is 0 Å².